The van der Waals surface area contributed by atoms with Crippen molar-refractivity contribution in [3.8, 4) is 5.75 Å². The number of anilines is 1. The summed E-state index contributed by atoms with van der Waals surface area (Å²) >= 11 is 0. The van der Waals surface area contributed by atoms with E-state index in [0.717, 1.165) is 36.4 Å². The van der Waals surface area contributed by atoms with Gasteiger partial charge >= 0.3 is 0 Å². The summed E-state index contributed by atoms with van der Waals surface area (Å²) in [5.41, 5.74) is 4.79. The zero-order valence-corrected chi connectivity index (χ0v) is 19.1. The van der Waals surface area contributed by atoms with Gasteiger partial charge < -0.3 is 15.4 Å². The van der Waals surface area contributed by atoms with Crippen LogP contribution in [0.25, 0.3) is 0 Å². The minimum atomic E-state index is -0.0609. The topological polar surface area (TPSA) is 79.0 Å². The van der Waals surface area contributed by atoms with E-state index in [1.54, 1.807) is 7.11 Å². The van der Waals surface area contributed by atoms with E-state index in [4.69, 9.17) is 4.74 Å². The second kappa shape index (κ2) is 9.79. The minimum Gasteiger partial charge on any atom is -0.497 e. The van der Waals surface area contributed by atoms with Crippen molar-refractivity contribution in [2.75, 3.05) is 12.4 Å². The lowest BCUT2D eigenvalue weighted by molar-refractivity contribution is -0.115. The van der Waals surface area contributed by atoms with Crippen molar-refractivity contribution in [3.05, 3.63) is 77.0 Å². The molecule has 0 aliphatic heterocycles. The van der Waals surface area contributed by atoms with Gasteiger partial charge in [-0.05, 0) is 60.4 Å². The molecule has 2 aromatic carbocycles. The molecule has 0 saturated heterocycles. The van der Waals surface area contributed by atoms with E-state index >= 15 is 0 Å². The molecule has 2 aliphatic carbocycles. The summed E-state index contributed by atoms with van der Waals surface area (Å²) in [5, 5.41) is 14.0. The van der Waals surface area contributed by atoms with Crippen molar-refractivity contribution in [2.45, 2.75) is 62.9 Å². The number of H-pyrrole nitrogens is 1. The van der Waals surface area contributed by atoms with Gasteiger partial charge in [-0.2, -0.15) is 5.10 Å². The number of rotatable bonds is 9. The van der Waals surface area contributed by atoms with Gasteiger partial charge in [0.2, 0.25) is 5.91 Å². The number of carbonyl (C=O) groups is 1. The second-order valence-corrected chi connectivity index (χ2v) is 9.40. The highest BCUT2D eigenvalue weighted by molar-refractivity contribution is 5.91. The molecule has 0 radical (unpaired) electrons. The van der Waals surface area contributed by atoms with Gasteiger partial charge in [-0.3, -0.25) is 9.89 Å². The number of hydrogen-bond acceptors (Lipinski definition) is 4. The third kappa shape index (κ3) is 5.28. The molecule has 3 N–H and O–H groups in total. The van der Waals surface area contributed by atoms with Crippen LogP contribution in [0.1, 0.15) is 66.3 Å². The molecule has 1 heterocycles. The molecule has 0 bridgehead atoms. The lowest BCUT2D eigenvalue weighted by Crippen LogP contribution is -2.34. The standard InChI is InChI=1S/C27H32N4O2/c1-33-24-10-8-18(9-11-24)13-27(32)29-26-16-25(30-31-26)22-14-21(15-22)20-5-2-4-19(12-20)17-28-23-6-3-7-23/h2,4-5,8-12,16,21-23,28H,3,6-7,13-15,17H2,1H3,(H2,29,30,31,32). The zero-order valence-electron chi connectivity index (χ0n) is 19.1. The van der Waals surface area contributed by atoms with Gasteiger partial charge in [0.05, 0.1) is 19.2 Å². The number of carbonyl (C=O) groups excluding carboxylic acids is 1. The Bertz CT molecular complexity index is 1080. The molecule has 0 unspecified atom stereocenters. The molecule has 2 fully saturated rings. The summed E-state index contributed by atoms with van der Waals surface area (Å²) in [7, 11) is 1.63. The minimum absolute atomic E-state index is 0.0609. The van der Waals surface area contributed by atoms with Crippen LogP contribution in [0.2, 0.25) is 0 Å². The monoisotopic (exact) mass is 444 g/mol. The number of ether oxygens (including phenoxy) is 1. The number of aromatic nitrogens is 2. The predicted octanol–water partition coefficient (Wildman–Crippen LogP) is 4.90. The van der Waals surface area contributed by atoms with E-state index in [1.807, 2.05) is 30.3 Å². The number of amides is 1. The summed E-state index contributed by atoms with van der Waals surface area (Å²) in [6.45, 7) is 0.966. The Balaban J connectivity index is 1.10. The van der Waals surface area contributed by atoms with E-state index in [0.29, 0.717) is 30.1 Å². The Morgan fingerprint density at radius 1 is 1.06 bits per heavy atom. The van der Waals surface area contributed by atoms with Gasteiger partial charge in [0.25, 0.3) is 0 Å². The number of benzene rings is 2. The summed E-state index contributed by atoms with van der Waals surface area (Å²) in [6, 6.07) is 19.3. The van der Waals surface area contributed by atoms with Crippen LogP contribution in [-0.2, 0) is 17.8 Å². The maximum absolute atomic E-state index is 12.4. The van der Waals surface area contributed by atoms with Crippen LogP contribution >= 0.6 is 0 Å². The first-order valence-corrected chi connectivity index (χ1v) is 12.0. The van der Waals surface area contributed by atoms with Crippen LogP contribution in [0.4, 0.5) is 5.82 Å². The summed E-state index contributed by atoms with van der Waals surface area (Å²) < 4.78 is 5.16. The first-order chi connectivity index (χ1) is 16.2. The first kappa shape index (κ1) is 21.7. The molecule has 0 spiro atoms. The van der Waals surface area contributed by atoms with Crippen LogP contribution < -0.4 is 15.4 Å². The van der Waals surface area contributed by atoms with Gasteiger partial charge in [-0.1, -0.05) is 42.8 Å². The quantitative estimate of drug-likeness (QED) is 0.438. The Hall–Kier alpha value is -3.12. The molecule has 0 atom stereocenters. The lowest BCUT2D eigenvalue weighted by Gasteiger charge is -2.35. The van der Waals surface area contributed by atoms with Crippen molar-refractivity contribution in [1.29, 1.82) is 0 Å². The normalized spacial score (nSPS) is 20.0. The summed E-state index contributed by atoms with van der Waals surface area (Å²) in [4.78, 5) is 12.4. The molecular weight excluding hydrogens is 412 g/mol. The highest BCUT2D eigenvalue weighted by atomic mass is 16.5. The molecule has 1 amide bonds. The average Bonchev–Trinajstić information content (AvgIpc) is 3.20. The smallest absolute Gasteiger partial charge is 0.229 e. The van der Waals surface area contributed by atoms with Gasteiger partial charge in [-0.15, -0.1) is 0 Å². The molecule has 6 heteroatoms. The van der Waals surface area contributed by atoms with Gasteiger partial charge in [0.1, 0.15) is 11.6 Å². The molecule has 172 valence electrons. The van der Waals surface area contributed by atoms with E-state index in [2.05, 4.69) is 45.1 Å². The van der Waals surface area contributed by atoms with Crippen LogP contribution in [0.15, 0.2) is 54.6 Å². The Morgan fingerprint density at radius 3 is 2.61 bits per heavy atom. The third-order valence-electron chi connectivity index (χ3n) is 7.07. The molecule has 5 rings (SSSR count). The van der Waals surface area contributed by atoms with E-state index in [9.17, 15) is 4.79 Å². The number of hydrogen-bond donors (Lipinski definition) is 3. The molecular formula is C27H32N4O2. The third-order valence-corrected chi connectivity index (χ3v) is 7.07. The van der Waals surface area contributed by atoms with Crippen LogP contribution in [0, 0.1) is 0 Å². The Kier molecular flexibility index (Phi) is 6.44. The summed E-state index contributed by atoms with van der Waals surface area (Å²) in [5.74, 6) is 2.41. The molecule has 33 heavy (non-hydrogen) atoms. The maximum Gasteiger partial charge on any atom is 0.229 e. The zero-order chi connectivity index (χ0) is 22.6. The number of nitrogens with zero attached hydrogens (tertiary/aromatic N) is 1. The van der Waals surface area contributed by atoms with E-state index < -0.39 is 0 Å². The molecule has 2 aliphatic rings. The van der Waals surface area contributed by atoms with Gasteiger partial charge in [-0.25, -0.2) is 0 Å². The first-order valence-electron chi connectivity index (χ1n) is 12.0. The molecule has 1 aromatic heterocycles. The van der Waals surface area contributed by atoms with Gasteiger partial charge in [0.15, 0.2) is 0 Å². The Labute approximate surface area is 195 Å². The van der Waals surface area contributed by atoms with Crippen molar-refractivity contribution in [2.24, 2.45) is 0 Å². The van der Waals surface area contributed by atoms with Crippen LogP contribution in [-0.4, -0.2) is 29.3 Å². The average molecular weight is 445 g/mol. The largest absolute Gasteiger partial charge is 0.497 e. The van der Waals surface area contributed by atoms with Crippen LogP contribution in [0.3, 0.4) is 0 Å². The number of aromatic amines is 1. The maximum atomic E-state index is 12.4. The molecule has 3 aromatic rings. The lowest BCUT2D eigenvalue weighted by atomic mass is 9.70. The summed E-state index contributed by atoms with van der Waals surface area (Å²) in [6.07, 6.45) is 6.51. The van der Waals surface area contributed by atoms with Crippen molar-refractivity contribution in [1.82, 2.24) is 15.5 Å². The van der Waals surface area contributed by atoms with E-state index in [-0.39, 0.29) is 5.91 Å². The molecule has 6 nitrogen and oxygen atoms in total. The number of methoxy groups -OCH3 is 1. The van der Waals surface area contributed by atoms with E-state index in [1.165, 1.54) is 30.4 Å². The fourth-order valence-corrected chi connectivity index (χ4v) is 4.70. The van der Waals surface area contributed by atoms with Crippen molar-refractivity contribution in [3.63, 3.8) is 0 Å². The second-order valence-electron chi connectivity index (χ2n) is 9.40. The SMILES string of the molecule is COc1ccc(CC(=O)Nc2cc(C3CC(c4cccc(CNC5CCC5)c4)C3)n[nH]2)cc1. The number of nitrogens with one attached hydrogen (secondary N) is 3. The van der Waals surface area contributed by atoms with Crippen LogP contribution in [0.5, 0.6) is 5.75 Å². The highest BCUT2D eigenvalue weighted by Gasteiger charge is 2.33. The van der Waals surface area contributed by atoms with Crippen molar-refractivity contribution < 1.29 is 9.53 Å². The molecule has 2 saturated carbocycles. The van der Waals surface area contributed by atoms with Gasteiger partial charge in [0, 0.05) is 24.6 Å². The predicted molar refractivity (Wildman–Crippen MR) is 130 cm³/mol. The van der Waals surface area contributed by atoms with Crippen molar-refractivity contribution >= 4 is 11.7 Å². The Morgan fingerprint density at radius 2 is 1.88 bits per heavy atom. The highest BCUT2D eigenvalue weighted by Crippen LogP contribution is 2.47. The fourth-order valence-electron chi connectivity index (χ4n) is 4.70. The fraction of sp³-hybridized carbons (Fsp3) is 0.407.